The summed E-state index contributed by atoms with van der Waals surface area (Å²) in [4.78, 5) is 23.4. The molecule has 0 radical (unpaired) electrons. The molecule has 0 saturated carbocycles. The van der Waals surface area contributed by atoms with Crippen molar-refractivity contribution in [1.29, 1.82) is 0 Å². The number of nitrogens with zero attached hydrogens (tertiary/aromatic N) is 4. The summed E-state index contributed by atoms with van der Waals surface area (Å²) < 4.78 is 7.45. The van der Waals surface area contributed by atoms with Gasteiger partial charge in [-0.15, -0.1) is 0 Å². The summed E-state index contributed by atoms with van der Waals surface area (Å²) >= 11 is 0. The van der Waals surface area contributed by atoms with Gasteiger partial charge in [0.15, 0.2) is 5.65 Å². The highest BCUT2D eigenvalue weighted by molar-refractivity contribution is 5.86. The first-order valence-electron chi connectivity index (χ1n) is 12.5. The molecule has 2 aliphatic heterocycles. The van der Waals surface area contributed by atoms with E-state index in [1.165, 1.54) is 6.42 Å². The first kappa shape index (κ1) is 21.8. The number of aromatic nitrogens is 3. The first-order valence-corrected chi connectivity index (χ1v) is 12.5. The lowest BCUT2D eigenvalue weighted by Crippen LogP contribution is -2.30. The number of aryl methyl sites for hydroxylation is 1. The molecule has 2 aromatic carbocycles. The smallest absolute Gasteiger partial charge is 0.276 e. The van der Waals surface area contributed by atoms with Crippen LogP contribution in [0, 0.1) is 6.92 Å². The molecule has 7 heteroatoms. The van der Waals surface area contributed by atoms with Crippen LogP contribution in [0.2, 0.25) is 0 Å². The van der Waals surface area contributed by atoms with Gasteiger partial charge in [-0.3, -0.25) is 9.89 Å². The molecule has 4 heterocycles. The van der Waals surface area contributed by atoms with Crippen molar-refractivity contribution in [3.8, 4) is 17.0 Å². The SMILES string of the molecule is Cc1nc2c(N3CCCCC3)c(-c3ccccc3)[nH]n2c(=O)c1Cc1ccc2c(c1)N(C)CCO2. The van der Waals surface area contributed by atoms with E-state index in [1.807, 2.05) is 31.2 Å². The molecule has 7 nitrogen and oxygen atoms in total. The minimum atomic E-state index is -0.0322. The molecule has 0 amide bonds. The number of rotatable bonds is 4. The Balaban J connectivity index is 1.47. The van der Waals surface area contributed by atoms with E-state index in [2.05, 4.69) is 46.2 Å². The molecular formula is C28H31N5O2. The van der Waals surface area contributed by atoms with E-state index in [4.69, 9.17) is 9.72 Å². The Morgan fingerprint density at radius 2 is 1.83 bits per heavy atom. The maximum atomic E-state index is 13.8. The second-order valence-electron chi connectivity index (χ2n) is 9.64. The largest absolute Gasteiger partial charge is 0.490 e. The van der Waals surface area contributed by atoms with Gasteiger partial charge in [-0.05, 0) is 43.9 Å². The zero-order valence-corrected chi connectivity index (χ0v) is 20.4. The molecule has 2 aromatic heterocycles. The molecule has 1 fully saturated rings. The number of hydrogen-bond acceptors (Lipinski definition) is 5. The van der Waals surface area contributed by atoms with Gasteiger partial charge in [-0.1, -0.05) is 36.4 Å². The van der Waals surface area contributed by atoms with Gasteiger partial charge in [0, 0.05) is 43.4 Å². The molecule has 180 valence electrons. The molecular weight excluding hydrogens is 438 g/mol. The minimum Gasteiger partial charge on any atom is -0.490 e. The molecule has 35 heavy (non-hydrogen) atoms. The van der Waals surface area contributed by atoms with Gasteiger partial charge >= 0.3 is 0 Å². The first-order chi connectivity index (χ1) is 17.1. The van der Waals surface area contributed by atoms with Crippen LogP contribution in [-0.2, 0) is 6.42 Å². The highest BCUT2D eigenvalue weighted by Crippen LogP contribution is 2.35. The Morgan fingerprint density at radius 3 is 2.63 bits per heavy atom. The van der Waals surface area contributed by atoms with E-state index in [1.54, 1.807) is 4.52 Å². The van der Waals surface area contributed by atoms with Crippen LogP contribution in [0.4, 0.5) is 11.4 Å². The van der Waals surface area contributed by atoms with Crippen LogP contribution in [0.25, 0.3) is 16.9 Å². The van der Waals surface area contributed by atoms with Crippen LogP contribution in [0.3, 0.4) is 0 Å². The number of benzene rings is 2. The Kier molecular flexibility index (Phi) is 5.47. The Morgan fingerprint density at radius 1 is 1.03 bits per heavy atom. The molecule has 1 saturated heterocycles. The van der Waals surface area contributed by atoms with Gasteiger partial charge in [0.25, 0.3) is 5.56 Å². The number of aromatic amines is 1. The van der Waals surface area contributed by atoms with Crippen LogP contribution in [0.5, 0.6) is 5.75 Å². The third-order valence-electron chi connectivity index (χ3n) is 7.29. The zero-order chi connectivity index (χ0) is 23.9. The fourth-order valence-electron chi connectivity index (χ4n) is 5.34. The number of anilines is 2. The van der Waals surface area contributed by atoms with Crippen molar-refractivity contribution < 1.29 is 4.74 Å². The standard InChI is InChI=1S/C28H31N5O2/c1-19-22(17-20-11-12-24-23(18-20)31(2)15-16-35-24)28(34)33-27(29-19)26(32-13-7-4-8-14-32)25(30-33)21-9-5-3-6-10-21/h3,5-6,9-12,18,30H,4,7-8,13-17H2,1-2H3. The maximum Gasteiger partial charge on any atom is 0.276 e. The zero-order valence-electron chi connectivity index (χ0n) is 20.4. The van der Waals surface area contributed by atoms with E-state index in [0.29, 0.717) is 18.6 Å². The molecule has 6 rings (SSSR count). The van der Waals surface area contributed by atoms with Crippen molar-refractivity contribution in [2.24, 2.45) is 0 Å². The molecule has 4 aromatic rings. The molecule has 1 N–H and O–H groups in total. The van der Waals surface area contributed by atoms with Gasteiger partial charge in [-0.2, -0.15) is 4.52 Å². The maximum absolute atomic E-state index is 13.8. The topological polar surface area (TPSA) is 65.9 Å². The fourth-order valence-corrected chi connectivity index (χ4v) is 5.34. The molecule has 0 bridgehead atoms. The van der Waals surface area contributed by atoms with Crippen LogP contribution >= 0.6 is 0 Å². The van der Waals surface area contributed by atoms with E-state index in [0.717, 1.165) is 77.8 Å². The lowest BCUT2D eigenvalue weighted by atomic mass is 10.0. The predicted molar refractivity (Wildman–Crippen MR) is 140 cm³/mol. The lowest BCUT2D eigenvalue weighted by Gasteiger charge is -2.28. The Hall–Kier alpha value is -3.74. The second kappa shape index (κ2) is 8.80. The molecule has 0 unspecified atom stereocenters. The highest BCUT2D eigenvalue weighted by atomic mass is 16.5. The molecule has 0 atom stereocenters. The highest BCUT2D eigenvalue weighted by Gasteiger charge is 2.25. The van der Waals surface area contributed by atoms with E-state index in [-0.39, 0.29) is 5.56 Å². The number of fused-ring (bicyclic) bond motifs is 2. The van der Waals surface area contributed by atoms with Crippen LogP contribution in [0.15, 0.2) is 53.3 Å². The monoisotopic (exact) mass is 469 g/mol. The predicted octanol–water partition coefficient (Wildman–Crippen LogP) is 4.41. The van der Waals surface area contributed by atoms with Crippen molar-refractivity contribution in [2.45, 2.75) is 32.6 Å². The minimum absolute atomic E-state index is 0.0322. The summed E-state index contributed by atoms with van der Waals surface area (Å²) in [6.07, 6.45) is 4.09. The average Bonchev–Trinajstić information content (AvgIpc) is 3.27. The number of nitrogens with one attached hydrogen (secondary N) is 1. The third-order valence-corrected chi connectivity index (χ3v) is 7.29. The van der Waals surface area contributed by atoms with E-state index >= 15 is 0 Å². The van der Waals surface area contributed by atoms with Gasteiger partial charge < -0.3 is 14.5 Å². The van der Waals surface area contributed by atoms with Gasteiger partial charge in [0.05, 0.1) is 17.9 Å². The molecule has 2 aliphatic rings. The molecule has 0 aliphatic carbocycles. The number of ether oxygens (including phenoxy) is 1. The Labute approximate surface area is 205 Å². The number of likely N-dealkylation sites (N-methyl/N-ethyl adjacent to an activating group) is 1. The van der Waals surface area contributed by atoms with E-state index < -0.39 is 0 Å². The summed E-state index contributed by atoms with van der Waals surface area (Å²) in [6, 6.07) is 16.4. The van der Waals surface area contributed by atoms with Crippen molar-refractivity contribution in [2.75, 3.05) is 43.1 Å². The van der Waals surface area contributed by atoms with Gasteiger partial charge in [-0.25, -0.2) is 4.98 Å². The third kappa shape index (κ3) is 3.85. The van der Waals surface area contributed by atoms with Crippen molar-refractivity contribution in [1.82, 2.24) is 14.6 Å². The van der Waals surface area contributed by atoms with Gasteiger partial charge in [0.2, 0.25) is 0 Å². The van der Waals surface area contributed by atoms with Crippen molar-refractivity contribution in [3.05, 3.63) is 75.7 Å². The van der Waals surface area contributed by atoms with Crippen LogP contribution in [0.1, 0.15) is 36.1 Å². The lowest BCUT2D eigenvalue weighted by molar-refractivity contribution is 0.311. The summed E-state index contributed by atoms with van der Waals surface area (Å²) in [6.45, 7) is 5.47. The quantitative estimate of drug-likeness (QED) is 0.480. The Bertz CT molecular complexity index is 1430. The van der Waals surface area contributed by atoms with Crippen LogP contribution in [-0.4, -0.2) is 47.9 Å². The summed E-state index contributed by atoms with van der Waals surface area (Å²) in [7, 11) is 2.07. The summed E-state index contributed by atoms with van der Waals surface area (Å²) in [5.74, 6) is 0.896. The number of hydrogen-bond donors (Lipinski definition) is 1. The van der Waals surface area contributed by atoms with Crippen molar-refractivity contribution in [3.63, 3.8) is 0 Å². The molecule has 0 spiro atoms. The van der Waals surface area contributed by atoms with E-state index in [9.17, 15) is 4.79 Å². The van der Waals surface area contributed by atoms with Crippen molar-refractivity contribution >= 4 is 17.0 Å². The van der Waals surface area contributed by atoms with Crippen LogP contribution < -0.4 is 20.1 Å². The fraction of sp³-hybridized carbons (Fsp3) is 0.357. The number of piperidine rings is 1. The normalized spacial score (nSPS) is 15.8. The van der Waals surface area contributed by atoms with Gasteiger partial charge in [0.1, 0.15) is 18.0 Å². The second-order valence-corrected chi connectivity index (χ2v) is 9.64. The summed E-state index contributed by atoms with van der Waals surface area (Å²) in [5, 5.41) is 3.43. The summed E-state index contributed by atoms with van der Waals surface area (Å²) in [5.41, 5.74) is 7.40. The number of H-pyrrole nitrogens is 1. The average molecular weight is 470 g/mol.